The summed E-state index contributed by atoms with van der Waals surface area (Å²) in [6, 6.07) is 7.73. The molecule has 1 fully saturated rings. The Morgan fingerprint density at radius 2 is 2.11 bits per heavy atom. The fraction of sp³-hybridized carbons (Fsp3) is 0.600. The van der Waals surface area contributed by atoms with Gasteiger partial charge < -0.3 is 10.2 Å². The Kier molecular flexibility index (Phi) is 4.87. The summed E-state index contributed by atoms with van der Waals surface area (Å²) < 4.78 is 1.20. The number of anilines is 1. The van der Waals surface area contributed by atoms with Gasteiger partial charge in [-0.1, -0.05) is 6.07 Å². The van der Waals surface area contributed by atoms with E-state index >= 15 is 0 Å². The standard InChI is InChI=1S/C15H24BrN3/c1-11-5-6-15(14(16)7-11)19-10-13(8-17-3)18(4)9-12(19)2/h5-7,12-13,17H,8-10H2,1-4H3. The number of piperazine rings is 1. The maximum Gasteiger partial charge on any atom is 0.0514 e. The minimum absolute atomic E-state index is 0.539. The van der Waals surface area contributed by atoms with Crippen LogP contribution in [0.4, 0.5) is 5.69 Å². The molecule has 1 aromatic rings. The van der Waals surface area contributed by atoms with Crippen molar-refractivity contribution in [1.29, 1.82) is 0 Å². The van der Waals surface area contributed by atoms with Crippen molar-refractivity contribution in [3.05, 3.63) is 28.2 Å². The van der Waals surface area contributed by atoms with Gasteiger partial charge in [0.1, 0.15) is 0 Å². The van der Waals surface area contributed by atoms with Crippen molar-refractivity contribution in [2.24, 2.45) is 0 Å². The van der Waals surface area contributed by atoms with Crippen LogP contribution < -0.4 is 10.2 Å². The van der Waals surface area contributed by atoms with Crippen molar-refractivity contribution in [1.82, 2.24) is 10.2 Å². The van der Waals surface area contributed by atoms with Crippen molar-refractivity contribution in [2.75, 3.05) is 38.6 Å². The van der Waals surface area contributed by atoms with Crippen LogP contribution in [0.2, 0.25) is 0 Å². The molecule has 1 saturated heterocycles. The van der Waals surface area contributed by atoms with E-state index in [2.05, 4.69) is 70.1 Å². The van der Waals surface area contributed by atoms with Gasteiger partial charge in [0.05, 0.1) is 5.69 Å². The van der Waals surface area contributed by atoms with E-state index < -0.39 is 0 Å². The first-order valence-electron chi connectivity index (χ1n) is 6.90. The van der Waals surface area contributed by atoms with Crippen LogP contribution in [0.5, 0.6) is 0 Å². The average molecular weight is 326 g/mol. The number of nitrogens with one attached hydrogen (secondary N) is 1. The normalized spacial score (nSPS) is 24.8. The summed E-state index contributed by atoms with van der Waals surface area (Å²) in [7, 11) is 4.25. The van der Waals surface area contributed by atoms with E-state index in [4.69, 9.17) is 0 Å². The van der Waals surface area contributed by atoms with E-state index in [1.54, 1.807) is 0 Å². The van der Waals surface area contributed by atoms with Gasteiger partial charge in [-0.15, -0.1) is 0 Å². The third kappa shape index (κ3) is 3.30. The number of nitrogens with zero attached hydrogens (tertiary/aromatic N) is 2. The van der Waals surface area contributed by atoms with Crippen LogP contribution >= 0.6 is 15.9 Å². The fourth-order valence-electron chi connectivity index (χ4n) is 2.85. The largest absolute Gasteiger partial charge is 0.365 e. The van der Waals surface area contributed by atoms with E-state index in [0.29, 0.717) is 12.1 Å². The van der Waals surface area contributed by atoms with E-state index in [-0.39, 0.29) is 0 Å². The Bertz CT molecular complexity index is 435. The summed E-state index contributed by atoms with van der Waals surface area (Å²) in [6.07, 6.45) is 0. The lowest BCUT2D eigenvalue weighted by atomic mass is 10.1. The van der Waals surface area contributed by atoms with Gasteiger partial charge in [0.15, 0.2) is 0 Å². The zero-order valence-electron chi connectivity index (χ0n) is 12.3. The summed E-state index contributed by atoms with van der Waals surface area (Å²) in [4.78, 5) is 4.98. The fourth-order valence-corrected chi connectivity index (χ4v) is 3.57. The average Bonchev–Trinajstić information content (AvgIpc) is 2.34. The van der Waals surface area contributed by atoms with Gasteiger partial charge in [0.25, 0.3) is 0 Å². The molecule has 4 heteroatoms. The smallest absolute Gasteiger partial charge is 0.0514 e. The van der Waals surface area contributed by atoms with Crippen molar-refractivity contribution in [3.8, 4) is 0 Å². The SMILES string of the molecule is CNCC1CN(c2ccc(C)cc2Br)C(C)CN1C. The number of hydrogen-bond acceptors (Lipinski definition) is 3. The number of likely N-dealkylation sites (N-methyl/N-ethyl adjacent to an activating group) is 2. The van der Waals surface area contributed by atoms with E-state index in [0.717, 1.165) is 19.6 Å². The molecule has 0 bridgehead atoms. The van der Waals surface area contributed by atoms with Crippen molar-refractivity contribution in [3.63, 3.8) is 0 Å². The maximum atomic E-state index is 3.71. The van der Waals surface area contributed by atoms with Gasteiger partial charge >= 0.3 is 0 Å². The quantitative estimate of drug-likeness (QED) is 0.921. The zero-order chi connectivity index (χ0) is 14.0. The number of benzene rings is 1. The second-order valence-electron chi connectivity index (χ2n) is 5.61. The topological polar surface area (TPSA) is 18.5 Å². The second-order valence-corrected chi connectivity index (χ2v) is 6.46. The highest BCUT2D eigenvalue weighted by molar-refractivity contribution is 9.10. The highest BCUT2D eigenvalue weighted by Gasteiger charge is 2.29. The molecule has 0 saturated carbocycles. The molecule has 0 aliphatic carbocycles. The van der Waals surface area contributed by atoms with Crippen LogP contribution in [0, 0.1) is 6.92 Å². The summed E-state index contributed by atoms with van der Waals surface area (Å²) in [6.45, 7) is 7.64. The van der Waals surface area contributed by atoms with Crippen molar-refractivity contribution >= 4 is 21.6 Å². The van der Waals surface area contributed by atoms with E-state index in [1.165, 1.54) is 15.7 Å². The third-order valence-corrected chi connectivity index (χ3v) is 4.60. The van der Waals surface area contributed by atoms with Crippen LogP contribution in [-0.2, 0) is 0 Å². The van der Waals surface area contributed by atoms with Crippen LogP contribution in [0.15, 0.2) is 22.7 Å². The monoisotopic (exact) mass is 325 g/mol. The molecule has 1 heterocycles. The first-order valence-corrected chi connectivity index (χ1v) is 7.70. The Hall–Kier alpha value is -0.580. The lowest BCUT2D eigenvalue weighted by molar-refractivity contribution is 0.190. The molecule has 19 heavy (non-hydrogen) atoms. The molecule has 1 aromatic carbocycles. The molecule has 2 unspecified atom stereocenters. The summed E-state index contributed by atoms with van der Waals surface area (Å²) in [5.74, 6) is 0. The lowest BCUT2D eigenvalue weighted by Crippen LogP contribution is -2.58. The first kappa shape index (κ1) is 14.8. The number of rotatable bonds is 3. The number of halogens is 1. The first-order chi connectivity index (χ1) is 9.02. The molecule has 1 aliphatic heterocycles. The van der Waals surface area contributed by atoms with Gasteiger partial charge in [-0.25, -0.2) is 0 Å². The predicted molar refractivity (Wildman–Crippen MR) is 86.0 cm³/mol. The maximum absolute atomic E-state index is 3.71. The molecule has 2 atom stereocenters. The summed E-state index contributed by atoms with van der Waals surface area (Å²) in [5.41, 5.74) is 2.61. The molecule has 0 amide bonds. The highest BCUT2D eigenvalue weighted by atomic mass is 79.9. The molecule has 1 aliphatic rings. The van der Waals surface area contributed by atoms with Crippen molar-refractivity contribution in [2.45, 2.75) is 25.9 Å². The van der Waals surface area contributed by atoms with Crippen LogP contribution in [0.3, 0.4) is 0 Å². The Labute approximate surface area is 125 Å². The van der Waals surface area contributed by atoms with Gasteiger partial charge in [0.2, 0.25) is 0 Å². The van der Waals surface area contributed by atoms with Gasteiger partial charge in [-0.05, 0) is 61.6 Å². The van der Waals surface area contributed by atoms with Gasteiger partial charge in [0, 0.05) is 36.2 Å². The molecule has 106 valence electrons. The molecule has 3 nitrogen and oxygen atoms in total. The summed E-state index contributed by atoms with van der Waals surface area (Å²) in [5, 5.41) is 3.30. The minimum Gasteiger partial charge on any atom is -0.365 e. The zero-order valence-corrected chi connectivity index (χ0v) is 13.9. The molecule has 1 N–H and O–H groups in total. The molecular formula is C15H24BrN3. The van der Waals surface area contributed by atoms with Gasteiger partial charge in [-0.3, -0.25) is 4.90 Å². The Morgan fingerprint density at radius 3 is 2.74 bits per heavy atom. The number of aryl methyl sites for hydroxylation is 1. The van der Waals surface area contributed by atoms with Gasteiger partial charge in [-0.2, -0.15) is 0 Å². The second kappa shape index (κ2) is 6.25. The molecule has 2 rings (SSSR count). The van der Waals surface area contributed by atoms with E-state index in [1.807, 2.05) is 7.05 Å². The van der Waals surface area contributed by atoms with E-state index in [9.17, 15) is 0 Å². The third-order valence-electron chi connectivity index (χ3n) is 3.97. The summed E-state index contributed by atoms with van der Waals surface area (Å²) >= 11 is 3.71. The Morgan fingerprint density at radius 1 is 1.37 bits per heavy atom. The predicted octanol–water partition coefficient (Wildman–Crippen LogP) is 2.49. The Balaban J connectivity index is 2.22. The minimum atomic E-state index is 0.539. The molecule has 0 radical (unpaired) electrons. The van der Waals surface area contributed by atoms with Crippen LogP contribution in [-0.4, -0.2) is 50.7 Å². The molecule has 0 spiro atoms. The molecule has 0 aromatic heterocycles. The number of hydrogen-bond donors (Lipinski definition) is 1. The van der Waals surface area contributed by atoms with Crippen LogP contribution in [0.25, 0.3) is 0 Å². The highest BCUT2D eigenvalue weighted by Crippen LogP contribution is 2.30. The lowest BCUT2D eigenvalue weighted by Gasteiger charge is -2.45. The van der Waals surface area contributed by atoms with Crippen LogP contribution in [0.1, 0.15) is 12.5 Å². The van der Waals surface area contributed by atoms with Crippen molar-refractivity contribution < 1.29 is 0 Å². The molecular weight excluding hydrogens is 302 g/mol.